The Hall–Kier alpha value is -2.32. The van der Waals surface area contributed by atoms with Crippen LogP contribution in [-0.4, -0.2) is 4.92 Å². The molecule has 0 radical (unpaired) electrons. The standard InChI is InChI=1S/C13H10N2O2S/c1-3-10-8-9(2)18-13(10)14-11-6-4-5-7-12(11)15(16)17/h1,4-8,14H,2H3. The number of anilines is 2. The number of nitro benzene ring substituents is 1. The maximum Gasteiger partial charge on any atom is 0.292 e. The highest BCUT2D eigenvalue weighted by Gasteiger charge is 2.14. The fraction of sp³-hybridized carbons (Fsp3) is 0.0769. The van der Waals surface area contributed by atoms with Gasteiger partial charge in [0, 0.05) is 10.9 Å². The van der Waals surface area contributed by atoms with Crippen LogP contribution in [0.1, 0.15) is 10.4 Å². The van der Waals surface area contributed by atoms with Gasteiger partial charge in [0.1, 0.15) is 10.7 Å². The highest BCUT2D eigenvalue weighted by atomic mass is 32.1. The van der Waals surface area contributed by atoms with Gasteiger partial charge in [-0.1, -0.05) is 18.1 Å². The van der Waals surface area contributed by atoms with Crippen molar-refractivity contribution in [3.63, 3.8) is 0 Å². The van der Waals surface area contributed by atoms with Crippen molar-refractivity contribution in [2.24, 2.45) is 0 Å². The average molecular weight is 258 g/mol. The van der Waals surface area contributed by atoms with Gasteiger partial charge in [0.15, 0.2) is 0 Å². The molecule has 0 aliphatic heterocycles. The summed E-state index contributed by atoms with van der Waals surface area (Å²) in [5, 5.41) is 14.7. The third kappa shape index (κ3) is 2.34. The third-order valence-electron chi connectivity index (χ3n) is 2.36. The van der Waals surface area contributed by atoms with Crippen molar-refractivity contribution in [2.75, 3.05) is 5.32 Å². The summed E-state index contributed by atoms with van der Waals surface area (Å²) in [5.41, 5.74) is 1.20. The second kappa shape index (κ2) is 4.90. The molecule has 0 bridgehead atoms. The Morgan fingerprint density at radius 1 is 1.44 bits per heavy atom. The number of nitrogens with one attached hydrogen (secondary N) is 1. The number of thiophene rings is 1. The summed E-state index contributed by atoms with van der Waals surface area (Å²) >= 11 is 1.48. The molecule has 1 N–H and O–H groups in total. The number of hydrogen-bond acceptors (Lipinski definition) is 4. The van der Waals surface area contributed by atoms with E-state index in [0.717, 1.165) is 15.4 Å². The zero-order chi connectivity index (χ0) is 13.1. The van der Waals surface area contributed by atoms with Gasteiger partial charge in [0.05, 0.1) is 10.5 Å². The van der Waals surface area contributed by atoms with E-state index in [9.17, 15) is 10.1 Å². The molecule has 1 aromatic heterocycles. The van der Waals surface area contributed by atoms with Crippen molar-refractivity contribution in [3.05, 3.63) is 50.9 Å². The summed E-state index contributed by atoms with van der Waals surface area (Å²) < 4.78 is 0. The Balaban J connectivity index is 2.40. The van der Waals surface area contributed by atoms with Crippen LogP contribution in [-0.2, 0) is 0 Å². The molecule has 18 heavy (non-hydrogen) atoms. The van der Waals surface area contributed by atoms with Crippen LogP contribution in [0, 0.1) is 29.4 Å². The minimum Gasteiger partial charge on any atom is -0.341 e. The van der Waals surface area contributed by atoms with Crippen LogP contribution in [0.3, 0.4) is 0 Å². The Kier molecular flexibility index (Phi) is 3.31. The fourth-order valence-electron chi connectivity index (χ4n) is 1.58. The Morgan fingerprint density at radius 3 is 2.83 bits per heavy atom. The van der Waals surface area contributed by atoms with Gasteiger partial charge < -0.3 is 5.32 Å². The van der Waals surface area contributed by atoms with E-state index in [0.29, 0.717) is 5.69 Å². The van der Waals surface area contributed by atoms with Gasteiger partial charge in [-0.25, -0.2) is 0 Å². The maximum absolute atomic E-state index is 10.9. The monoisotopic (exact) mass is 258 g/mol. The highest BCUT2D eigenvalue weighted by molar-refractivity contribution is 7.16. The normalized spacial score (nSPS) is 9.78. The molecule has 4 nitrogen and oxygen atoms in total. The largest absolute Gasteiger partial charge is 0.341 e. The van der Waals surface area contributed by atoms with Gasteiger partial charge in [-0.3, -0.25) is 10.1 Å². The topological polar surface area (TPSA) is 55.2 Å². The molecular weight excluding hydrogens is 248 g/mol. The summed E-state index contributed by atoms with van der Waals surface area (Å²) in [6.07, 6.45) is 5.40. The van der Waals surface area contributed by atoms with Gasteiger partial charge in [-0.2, -0.15) is 0 Å². The van der Waals surface area contributed by atoms with Crippen molar-refractivity contribution < 1.29 is 4.92 Å². The molecule has 1 aromatic carbocycles. The molecule has 1 heterocycles. The minimum absolute atomic E-state index is 0.0338. The van der Waals surface area contributed by atoms with Crippen LogP contribution >= 0.6 is 11.3 Å². The lowest BCUT2D eigenvalue weighted by molar-refractivity contribution is -0.383. The average Bonchev–Trinajstić information content (AvgIpc) is 2.70. The summed E-state index contributed by atoms with van der Waals surface area (Å²) in [6.45, 7) is 1.94. The second-order valence-corrected chi connectivity index (χ2v) is 4.90. The molecule has 0 atom stereocenters. The molecule has 90 valence electrons. The molecular formula is C13H10N2O2S. The molecule has 5 heteroatoms. The predicted molar refractivity (Wildman–Crippen MR) is 73.4 cm³/mol. The van der Waals surface area contributed by atoms with E-state index < -0.39 is 4.92 Å². The first kappa shape index (κ1) is 12.1. The van der Waals surface area contributed by atoms with E-state index in [1.165, 1.54) is 17.4 Å². The molecule has 0 fully saturated rings. The van der Waals surface area contributed by atoms with Crippen LogP contribution in [0.15, 0.2) is 30.3 Å². The number of aryl methyl sites for hydroxylation is 1. The number of rotatable bonds is 3. The van der Waals surface area contributed by atoms with E-state index in [1.807, 2.05) is 13.0 Å². The van der Waals surface area contributed by atoms with Crippen LogP contribution < -0.4 is 5.32 Å². The van der Waals surface area contributed by atoms with Gasteiger partial charge in [0.25, 0.3) is 5.69 Å². The van der Waals surface area contributed by atoms with Crippen molar-refractivity contribution in [3.8, 4) is 12.3 Å². The number of para-hydroxylation sites is 2. The second-order valence-electron chi connectivity index (χ2n) is 3.64. The first-order chi connectivity index (χ1) is 8.61. The van der Waals surface area contributed by atoms with Crippen LogP contribution in [0.2, 0.25) is 0 Å². The van der Waals surface area contributed by atoms with Crippen molar-refractivity contribution in [1.82, 2.24) is 0 Å². The SMILES string of the molecule is C#Cc1cc(C)sc1Nc1ccccc1[N+](=O)[O-]. The summed E-state index contributed by atoms with van der Waals surface area (Å²) in [6, 6.07) is 8.37. The predicted octanol–water partition coefficient (Wildman–Crippen LogP) is 3.69. The minimum atomic E-state index is -0.418. The van der Waals surface area contributed by atoms with E-state index in [4.69, 9.17) is 6.42 Å². The maximum atomic E-state index is 10.9. The number of benzene rings is 1. The molecule has 2 rings (SSSR count). The summed E-state index contributed by atoms with van der Waals surface area (Å²) in [5.74, 6) is 2.56. The number of nitrogens with zero attached hydrogens (tertiary/aromatic N) is 1. The molecule has 0 saturated heterocycles. The van der Waals surface area contributed by atoms with Gasteiger partial charge >= 0.3 is 0 Å². The molecule has 0 unspecified atom stereocenters. The lowest BCUT2D eigenvalue weighted by atomic mass is 10.2. The van der Waals surface area contributed by atoms with E-state index >= 15 is 0 Å². The Labute approximate surface area is 108 Å². The van der Waals surface area contributed by atoms with E-state index in [-0.39, 0.29) is 5.69 Å². The highest BCUT2D eigenvalue weighted by Crippen LogP contribution is 2.33. The lowest BCUT2D eigenvalue weighted by Crippen LogP contribution is -1.96. The Morgan fingerprint density at radius 2 is 2.17 bits per heavy atom. The van der Waals surface area contributed by atoms with Gasteiger partial charge in [-0.15, -0.1) is 17.8 Å². The van der Waals surface area contributed by atoms with E-state index in [2.05, 4.69) is 11.2 Å². The van der Waals surface area contributed by atoms with E-state index in [1.54, 1.807) is 18.2 Å². The van der Waals surface area contributed by atoms with Crippen molar-refractivity contribution >= 4 is 27.7 Å². The fourth-order valence-corrected chi connectivity index (χ4v) is 2.46. The van der Waals surface area contributed by atoms with Crippen LogP contribution in [0.5, 0.6) is 0 Å². The quantitative estimate of drug-likeness (QED) is 0.519. The van der Waals surface area contributed by atoms with Crippen LogP contribution in [0.4, 0.5) is 16.4 Å². The smallest absolute Gasteiger partial charge is 0.292 e. The number of terminal acetylenes is 1. The number of nitro groups is 1. The molecule has 2 aromatic rings. The zero-order valence-electron chi connectivity index (χ0n) is 9.64. The molecule has 0 saturated carbocycles. The summed E-state index contributed by atoms with van der Waals surface area (Å²) in [4.78, 5) is 11.5. The Bertz CT molecular complexity index is 641. The van der Waals surface area contributed by atoms with Crippen molar-refractivity contribution in [1.29, 1.82) is 0 Å². The van der Waals surface area contributed by atoms with Crippen molar-refractivity contribution in [2.45, 2.75) is 6.92 Å². The third-order valence-corrected chi connectivity index (χ3v) is 3.33. The number of hydrogen-bond donors (Lipinski definition) is 1. The van der Waals surface area contributed by atoms with Gasteiger partial charge in [-0.05, 0) is 19.1 Å². The molecule has 0 amide bonds. The first-order valence-electron chi connectivity index (χ1n) is 5.19. The summed E-state index contributed by atoms with van der Waals surface area (Å²) in [7, 11) is 0. The lowest BCUT2D eigenvalue weighted by Gasteiger charge is -2.05. The zero-order valence-corrected chi connectivity index (χ0v) is 10.5. The molecule has 0 aliphatic carbocycles. The molecule has 0 spiro atoms. The molecule has 0 aliphatic rings. The van der Waals surface area contributed by atoms with Gasteiger partial charge in [0.2, 0.25) is 0 Å². The first-order valence-corrected chi connectivity index (χ1v) is 6.01. The van der Waals surface area contributed by atoms with Crippen LogP contribution in [0.25, 0.3) is 0 Å².